The van der Waals surface area contributed by atoms with E-state index in [4.69, 9.17) is 51.1 Å². The van der Waals surface area contributed by atoms with E-state index in [2.05, 4.69) is 27.9 Å². The van der Waals surface area contributed by atoms with Crippen molar-refractivity contribution in [3.8, 4) is 11.8 Å². The number of hydrogen-bond donors (Lipinski definition) is 1. The number of nitrogens with zero attached hydrogens (tertiary/aromatic N) is 1. The summed E-state index contributed by atoms with van der Waals surface area (Å²) < 4.78 is 6.66. The maximum absolute atomic E-state index is 12.5. The zero-order valence-electron chi connectivity index (χ0n) is 16.1. The first kappa shape index (κ1) is 24.7. The molecule has 0 aromatic heterocycles. The number of amides is 1. The van der Waals surface area contributed by atoms with E-state index in [-0.39, 0.29) is 12.2 Å². The molecule has 3 aromatic carbocycles. The molecule has 3 rings (SSSR count). The monoisotopic (exact) mass is 616 g/mol. The second-order valence-electron chi connectivity index (χ2n) is 6.47. The fraction of sp³-hybridized carbons (Fsp3) is 0.0435. The Kier molecular flexibility index (Phi) is 8.69. The molecular weight excluding hydrogens is 605 g/mol. The van der Waals surface area contributed by atoms with Crippen LogP contribution in [0.2, 0.25) is 20.1 Å². The lowest BCUT2D eigenvalue weighted by Crippen LogP contribution is -2.13. The summed E-state index contributed by atoms with van der Waals surface area (Å²) in [6, 6.07) is 17.1. The largest absolute Gasteiger partial charge is 0.488 e. The van der Waals surface area contributed by atoms with Crippen molar-refractivity contribution in [3.63, 3.8) is 0 Å². The van der Waals surface area contributed by atoms with Gasteiger partial charge in [-0.25, -0.2) is 0 Å². The second-order valence-corrected chi connectivity index (χ2v) is 9.29. The van der Waals surface area contributed by atoms with Crippen molar-refractivity contribution >= 4 is 86.7 Å². The van der Waals surface area contributed by atoms with Crippen molar-refractivity contribution in [1.82, 2.24) is 0 Å². The van der Waals surface area contributed by atoms with Crippen LogP contribution in [0.3, 0.4) is 0 Å². The summed E-state index contributed by atoms with van der Waals surface area (Å²) in [6.07, 6.45) is 1.49. The fourth-order valence-electron chi connectivity index (χ4n) is 2.61. The van der Waals surface area contributed by atoms with Crippen LogP contribution in [0, 0.1) is 14.9 Å². The smallest absolute Gasteiger partial charge is 0.266 e. The van der Waals surface area contributed by atoms with Gasteiger partial charge in [-0.3, -0.25) is 4.79 Å². The van der Waals surface area contributed by atoms with Crippen molar-refractivity contribution in [2.45, 2.75) is 6.61 Å². The molecule has 0 aliphatic rings. The van der Waals surface area contributed by atoms with Crippen LogP contribution in [-0.4, -0.2) is 5.91 Å². The molecule has 0 spiro atoms. The molecule has 0 saturated heterocycles. The number of nitrogens with one attached hydrogen (secondary N) is 1. The molecule has 0 heterocycles. The highest BCUT2D eigenvalue weighted by Gasteiger charge is 2.12. The van der Waals surface area contributed by atoms with Crippen LogP contribution in [0.1, 0.15) is 11.1 Å². The molecule has 0 bridgehead atoms. The van der Waals surface area contributed by atoms with Crippen LogP contribution in [0.15, 0.2) is 60.2 Å². The van der Waals surface area contributed by atoms with Crippen molar-refractivity contribution < 1.29 is 9.53 Å². The highest BCUT2D eigenvalue weighted by Crippen LogP contribution is 2.28. The number of benzene rings is 3. The van der Waals surface area contributed by atoms with Gasteiger partial charge < -0.3 is 10.1 Å². The number of anilines is 1. The maximum Gasteiger partial charge on any atom is 0.266 e. The Bertz CT molecular complexity index is 1260. The Morgan fingerprint density at radius 2 is 1.78 bits per heavy atom. The van der Waals surface area contributed by atoms with Crippen LogP contribution in [0.25, 0.3) is 6.08 Å². The molecule has 0 unspecified atom stereocenters. The van der Waals surface area contributed by atoms with Gasteiger partial charge in [0, 0.05) is 21.3 Å². The zero-order valence-corrected chi connectivity index (χ0v) is 21.3. The first-order valence-electron chi connectivity index (χ1n) is 9.01. The normalized spacial score (nSPS) is 11.1. The first-order chi connectivity index (χ1) is 15.3. The number of halogens is 5. The SMILES string of the molecule is N#C/C(=C\c1ccc(OCc2ccc(Cl)cc2Cl)c(I)c1)C(=O)Nc1ccc(Cl)c(Cl)c1. The molecule has 0 saturated carbocycles. The maximum atomic E-state index is 12.5. The van der Waals surface area contributed by atoms with Gasteiger partial charge in [0.1, 0.15) is 24.0 Å². The summed E-state index contributed by atoms with van der Waals surface area (Å²) in [7, 11) is 0. The van der Waals surface area contributed by atoms with Gasteiger partial charge in [0.15, 0.2) is 0 Å². The Morgan fingerprint density at radius 1 is 1.00 bits per heavy atom. The lowest BCUT2D eigenvalue weighted by atomic mass is 10.1. The molecule has 0 atom stereocenters. The van der Waals surface area contributed by atoms with Gasteiger partial charge in [0.25, 0.3) is 5.91 Å². The van der Waals surface area contributed by atoms with Gasteiger partial charge in [0.05, 0.1) is 13.6 Å². The van der Waals surface area contributed by atoms with Gasteiger partial charge >= 0.3 is 0 Å². The van der Waals surface area contributed by atoms with E-state index < -0.39 is 5.91 Å². The Labute approximate surface area is 218 Å². The zero-order chi connectivity index (χ0) is 23.3. The average Bonchev–Trinajstić information content (AvgIpc) is 2.75. The van der Waals surface area contributed by atoms with Crippen molar-refractivity contribution in [3.05, 3.63) is 95.0 Å². The molecule has 3 aromatic rings. The lowest BCUT2D eigenvalue weighted by Gasteiger charge is -2.10. The van der Waals surface area contributed by atoms with Gasteiger partial charge in [0.2, 0.25) is 0 Å². The van der Waals surface area contributed by atoms with Crippen molar-refractivity contribution in [2.24, 2.45) is 0 Å². The molecule has 4 nitrogen and oxygen atoms in total. The molecule has 0 fully saturated rings. The number of nitriles is 1. The van der Waals surface area contributed by atoms with E-state index in [0.717, 1.165) is 9.13 Å². The van der Waals surface area contributed by atoms with E-state index in [9.17, 15) is 10.1 Å². The topological polar surface area (TPSA) is 62.1 Å². The van der Waals surface area contributed by atoms with Crippen molar-refractivity contribution in [1.29, 1.82) is 5.26 Å². The number of hydrogen-bond acceptors (Lipinski definition) is 3. The number of carbonyl (C=O) groups excluding carboxylic acids is 1. The van der Waals surface area contributed by atoms with Crippen LogP contribution >= 0.6 is 69.0 Å². The minimum Gasteiger partial charge on any atom is -0.488 e. The summed E-state index contributed by atoms with van der Waals surface area (Å²) >= 11 is 26.1. The van der Waals surface area contributed by atoms with Crippen LogP contribution in [0.4, 0.5) is 5.69 Å². The van der Waals surface area contributed by atoms with E-state index in [0.29, 0.717) is 37.1 Å². The summed E-state index contributed by atoms with van der Waals surface area (Å²) in [4.78, 5) is 12.5. The highest BCUT2D eigenvalue weighted by molar-refractivity contribution is 14.1. The second kappa shape index (κ2) is 11.3. The summed E-state index contributed by atoms with van der Waals surface area (Å²) in [5, 5.41) is 13.8. The molecule has 162 valence electrons. The standard InChI is InChI=1S/C23H13Cl4IN2O2/c24-16-3-2-14(19(26)9-16)12-32-22-6-1-13(8-21(22)28)7-15(11-29)23(31)30-17-4-5-18(25)20(27)10-17/h1-10H,12H2,(H,30,31)/b15-7+. The number of carbonyl (C=O) groups is 1. The van der Waals surface area contributed by atoms with E-state index in [1.165, 1.54) is 12.1 Å². The quantitative estimate of drug-likeness (QED) is 0.173. The summed E-state index contributed by atoms with van der Waals surface area (Å²) in [6.45, 7) is 0.274. The van der Waals surface area contributed by atoms with Gasteiger partial charge in [-0.1, -0.05) is 58.5 Å². The Balaban J connectivity index is 1.72. The Morgan fingerprint density at radius 3 is 2.44 bits per heavy atom. The Hall–Kier alpha value is -1.95. The average molecular weight is 618 g/mol. The molecule has 1 N–H and O–H groups in total. The molecule has 1 amide bonds. The minimum atomic E-state index is -0.557. The van der Waals surface area contributed by atoms with Crippen LogP contribution in [-0.2, 0) is 11.4 Å². The third-order valence-corrected chi connectivity index (χ3v) is 6.38. The van der Waals surface area contributed by atoms with Crippen LogP contribution < -0.4 is 10.1 Å². The van der Waals surface area contributed by atoms with Crippen LogP contribution in [0.5, 0.6) is 5.75 Å². The molecule has 9 heteroatoms. The fourth-order valence-corrected chi connectivity index (χ4v) is 4.06. The van der Waals surface area contributed by atoms with Crippen molar-refractivity contribution in [2.75, 3.05) is 5.32 Å². The first-order valence-corrected chi connectivity index (χ1v) is 11.6. The summed E-state index contributed by atoms with van der Waals surface area (Å²) in [5.74, 6) is 0.0890. The summed E-state index contributed by atoms with van der Waals surface area (Å²) in [5.41, 5.74) is 1.85. The predicted octanol–water partition coefficient (Wildman–Crippen LogP) is 8.03. The van der Waals surface area contributed by atoms with Gasteiger partial charge in [-0.15, -0.1) is 0 Å². The molecule has 0 radical (unpaired) electrons. The molecule has 0 aliphatic carbocycles. The molecular formula is C23H13Cl4IN2O2. The molecule has 0 aliphatic heterocycles. The molecule has 32 heavy (non-hydrogen) atoms. The van der Waals surface area contributed by atoms with Gasteiger partial charge in [-0.05, 0) is 76.7 Å². The third-order valence-electron chi connectivity index (χ3n) is 4.21. The number of ether oxygens (including phenoxy) is 1. The minimum absolute atomic E-state index is 0.0616. The van der Waals surface area contributed by atoms with E-state index in [1.807, 2.05) is 12.1 Å². The number of rotatable bonds is 6. The van der Waals surface area contributed by atoms with Gasteiger partial charge in [-0.2, -0.15) is 5.26 Å². The predicted molar refractivity (Wildman–Crippen MR) is 139 cm³/mol. The lowest BCUT2D eigenvalue weighted by molar-refractivity contribution is -0.112. The highest BCUT2D eigenvalue weighted by atomic mass is 127. The van der Waals surface area contributed by atoms with E-state index >= 15 is 0 Å². The van der Waals surface area contributed by atoms with E-state index in [1.54, 1.807) is 42.5 Å². The third kappa shape index (κ3) is 6.53.